The Bertz CT molecular complexity index is 807. The van der Waals surface area contributed by atoms with Gasteiger partial charge in [-0.1, -0.05) is 24.9 Å². The largest absolute Gasteiger partial charge is 0.494 e. The number of nitrogens with zero attached hydrogens (tertiary/aromatic N) is 2. The second-order valence-electron chi connectivity index (χ2n) is 5.39. The first kappa shape index (κ1) is 19.4. The van der Waals surface area contributed by atoms with Crippen molar-refractivity contribution in [2.75, 3.05) is 6.61 Å². The number of halogens is 1. The molecule has 1 N–H and O–H groups in total. The number of nitrogens with one attached hydrogen (secondary N) is 1. The van der Waals surface area contributed by atoms with Crippen LogP contribution in [0.25, 0.3) is 0 Å². The summed E-state index contributed by atoms with van der Waals surface area (Å²) in [7, 11) is 0. The highest BCUT2D eigenvalue weighted by atomic mass is 35.5. The third-order valence-corrected chi connectivity index (χ3v) is 3.75. The molecule has 0 bridgehead atoms. The fraction of sp³-hybridized carbons (Fsp3) is 0.222. The molecule has 0 fully saturated rings. The van der Waals surface area contributed by atoms with E-state index < -0.39 is 10.8 Å². The Hall–Kier alpha value is -2.93. The van der Waals surface area contributed by atoms with Crippen LogP contribution in [0.5, 0.6) is 5.75 Å². The number of unbranched alkanes of at least 4 members (excludes halogenated alkanes) is 1. The molecule has 1 amide bonds. The van der Waals surface area contributed by atoms with E-state index in [0.29, 0.717) is 6.61 Å². The molecule has 2 rings (SSSR count). The van der Waals surface area contributed by atoms with Crippen LogP contribution in [0.3, 0.4) is 0 Å². The third kappa shape index (κ3) is 5.56. The van der Waals surface area contributed by atoms with Crippen molar-refractivity contribution in [3.05, 3.63) is 68.7 Å². The molecule has 0 heterocycles. The number of nitro benzene ring substituents is 1. The van der Waals surface area contributed by atoms with Crippen LogP contribution in [0.4, 0.5) is 5.69 Å². The van der Waals surface area contributed by atoms with Gasteiger partial charge < -0.3 is 4.74 Å². The Morgan fingerprint density at radius 3 is 2.69 bits per heavy atom. The topological polar surface area (TPSA) is 93.8 Å². The highest BCUT2D eigenvalue weighted by Crippen LogP contribution is 2.24. The van der Waals surface area contributed by atoms with Crippen LogP contribution in [0, 0.1) is 10.1 Å². The van der Waals surface area contributed by atoms with E-state index in [2.05, 4.69) is 17.5 Å². The average molecular weight is 376 g/mol. The maximum absolute atomic E-state index is 12.0. The van der Waals surface area contributed by atoms with E-state index in [1.165, 1.54) is 18.3 Å². The molecule has 2 aromatic rings. The number of carbonyl (C=O) groups excluding carboxylic acids is 1. The molecule has 2 aromatic carbocycles. The number of amides is 1. The zero-order chi connectivity index (χ0) is 18.9. The van der Waals surface area contributed by atoms with Gasteiger partial charge in [-0.2, -0.15) is 5.10 Å². The quantitative estimate of drug-likeness (QED) is 0.324. The van der Waals surface area contributed by atoms with Crippen molar-refractivity contribution in [1.29, 1.82) is 0 Å². The SMILES string of the molecule is CCCCOc1ccc(/C=N\NC(=O)c2ccc(Cl)c([N+](=O)[O-])c2)cc1. The molecular weight excluding hydrogens is 358 g/mol. The molecule has 0 radical (unpaired) electrons. The Labute approximate surface area is 155 Å². The van der Waals surface area contributed by atoms with E-state index in [0.717, 1.165) is 30.2 Å². The fourth-order valence-electron chi connectivity index (χ4n) is 2.01. The van der Waals surface area contributed by atoms with Gasteiger partial charge in [0.1, 0.15) is 10.8 Å². The van der Waals surface area contributed by atoms with Gasteiger partial charge in [0.2, 0.25) is 0 Å². The van der Waals surface area contributed by atoms with E-state index in [9.17, 15) is 14.9 Å². The molecule has 0 aliphatic carbocycles. The van der Waals surface area contributed by atoms with Gasteiger partial charge in [0, 0.05) is 11.6 Å². The summed E-state index contributed by atoms with van der Waals surface area (Å²) in [4.78, 5) is 22.2. The first-order valence-corrected chi connectivity index (χ1v) is 8.39. The predicted octanol–water partition coefficient (Wildman–Crippen LogP) is 4.19. The number of rotatable bonds is 8. The van der Waals surface area contributed by atoms with E-state index >= 15 is 0 Å². The van der Waals surface area contributed by atoms with Crippen LogP contribution in [-0.2, 0) is 0 Å². The predicted molar refractivity (Wildman–Crippen MR) is 100 cm³/mol. The number of hydrazone groups is 1. The lowest BCUT2D eigenvalue weighted by atomic mass is 10.2. The lowest BCUT2D eigenvalue weighted by molar-refractivity contribution is -0.384. The van der Waals surface area contributed by atoms with Gasteiger partial charge in [0.05, 0.1) is 17.7 Å². The Morgan fingerprint density at radius 2 is 2.04 bits per heavy atom. The van der Waals surface area contributed by atoms with E-state index in [4.69, 9.17) is 16.3 Å². The molecule has 0 aromatic heterocycles. The Balaban J connectivity index is 1.94. The molecule has 0 unspecified atom stereocenters. The first-order chi connectivity index (χ1) is 12.5. The molecule has 0 aliphatic rings. The maximum atomic E-state index is 12.0. The van der Waals surface area contributed by atoms with Crippen molar-refractivity contribution in [3.8, 4) is 5.75 Å². The second kappa shape index (κ2) is 9.53. The molecule has 26 heavy (non-hydrogen) atoms. The number of ether oxygens (including phenoxy) is 1. The number of hydrogen-bond acceptors (Lipinski definition) is 5. The van der Waals surface area contributed by atoms with Crippen LogP contribution < -0.4 is 10.2 Å². The summed E-state index contributed by atoms with van der Waals surface area (Å²) in [5.41, 5.74) is 2.86. The van der Waals surface area contributed by atoms with Crippen LogP contribution in [-0.4, -0.2) is 23.7 Å². The molecule has 7 nitrogen and oxygen atoms in total. The molecule has 0 atom stereocenters. The van der Waals surface area contributed by atoms with Gasteiger partial charge in [0.25, 0.3) is 11.6 Å². The highest BCUT2D eigenvalue weighted by Gasteiger charge is 2.15. The summed E-state index contributed by atoms with van der Waals surface area (Å²) >= 11 is 5.72. The van der Waals surface area contributed by atoms with Crippen LogP contribution >= 0.6 is 11.6 Å². The molecular formula is C18H18ClN3O4. The summed E-state index contributed by atoms with van der Waals surface area (Å²) in [5, 5.41) is 14.7. The van der Waals surface area contributed by atoms with Crippen LogP contribution in [0.15, 0.2) is 47.6 Å². The van der Waals surface area contributed by atoms with Crippen molar-refractivity contribution in [2.24, 2.45) is 5.10 Å². The molecule has 8 heteroatoms. The lowest BCUT2D eigenvalue weighted by Crippen LogP contribution is -2.17. The summed E-state index contributed by atoms with van der Waals surface area (Å²) in [6, 6.07) is 11.1. The number of nitro groups is 1. The summed E-state index contributed by atoms with van der Waals surface area (Å²) < 4.78 is 5.56. The van der Waals surface area contributed by atoms with E-state index in [-0.39, 0.29) is 16.3 Å². The van der Waals surface area contributed by atoms with Gasteiger partial charge in [-0.25, -0.2) is 5.43 Å². The number of carbonyl (C=O) groups is 1. The third-order valence-electron chi connectivity index (χ3n) is 3.43. The minimum atomic E-state index is -0.646. The highest BCUT2D eigenvalue weighted by molar-refractivity contribution is 6.32. The van der Waals surface area contributed by atoms with E-state index in [1.54, 1.807) is 0 Å². The maximum Gasteiger partial charge on any atom is 0.288 e. The van der Waals surface area contributed by atoms with Gasteiger partial charge in [-0.3, -0.25) is 14.9 Å². The van der Waals surface area contributed by atoms with Gasteiger partial charge in [-0.05, 0) is 48.4 Å². The molecule has 136 valence electrons. The summed E-state index contributed by atoms with van der Waals surface area (Å²) in [6.45, 7) is 2.77. The smallest absolute Gasteiger partial charge is 0.288 e. The van der Waals surface area contributed by atoms with Crippen molar-refractivity contribution in [3.63, 3.8) is 0 Å². The summed E-state index contributed by atoms with van der Waals surface area (Å²) in [5.74, 6) is 0.202. The van der Waals surface area contributed by atoms with Gasteiger partial charge in [-0.15, -0.1) is 0 Å². The van der Waals surface area contributed by atoms with Crippen LogP contribution in [0.1, 0.15) is 35.7 Å². The number of hydrogen-bond donors (Lipinski definition) is 1. The van der Waals surface area contributed by atoms with Gasteiger partial charge >= 0.3 is 0 Å². The molecule has 0 spiro atoms. The second-order valence-corrected chi connectivity index (χ2v) is 5.80. The zero-order valence-electron chi connectivity index (χ0n) is 14.1. The molecule has 0 saturated heterocycles. The number of benzene rings is 2. The monoisotopic (exact) mass is 375 g/mol. The van der Waals surface area contributed by atoms with E-state index in [1.807, 2.05) is 24.3 Å². The van der Waals surface area contributed by atoms with Crippen molar-refractivity contribution < 1.29 is 14.5 Å². The zero-order valence-corrected chi connectivity index (χ0v) is 14.9. The van der Waals surface area contributed by atoms with Crippen molar-refractivity contribution >= 4 is 29.4 Å². The van der Waals surface area contributed by atoms with Crippen molar-refractivity contribution in [2.45, 2.75) is 19.8 Å². The fourth-order valence-corrected chi connectivity index (χ4v) is 2.19. The lowest BCUT2D eigenvalue weighted by Gasteiger charge is -2.05. The van der Waals surface area contributed by atoms with Gasteiger partial charge in [0.15, 0.2) is 0 Å². The minimum Gasteiger partial charge on any atom is -0.494 e. The standard InChI is InChI=1S/C18H18ClN3O4/c1-2-3-10-26-15-7-4-13(5-8-15)12-20-21-18(23)14-6-9-16(19)17(11-14)22(24)25/h4-9,11-12H,2-3,10H2,1H3,(H,21,23)/b20-12-. The summed E-state index contributed by atoms with van der Waals surface area (Å²) in [6.07, 6.45) is 3.54. The first-order valence-electron chi connectivity index (χ1n) is 8.01. The van der Waals surface area contributed by atoms with Crippen molar-refractivity contribution in [1.82, 2.24) is 5.43 Å². The van der Waals surface area contributed by atoms with Crippen LogP contribution in [0.2, 0.25) is 5.02 Å². The molecule has 0 saturated carbocycles. The average Bonchev–Trinajstić information content (AvgIpc) is 2.63. The molecule has 0 aliphatic heterocycles. The Morgan fingerprint density at radius 1 is 1.31 bits per heavy atom. The Kier molecular flexibility index (Phi) is 7.11. The normalized spacial score (nSPS) is 10.7. The minimum absolute atomic E-state index is 0.0312.